The van der Waals surface area contributed by atoms with Crippen LogP contribution >= 0.6 is 0 Å². The third-order valence-corrected chi connectivity index (χ3v) is 1.98. The van der Waals surface area contributed by atoms with Gasteiger partial charge in [-0.2, -0.15) is 10.4 Å². The predicted molar refractivity (Wildman–Crippen MR) is 52.7 cm³/mol. The van der Waals surface area contributed by atoms with E-state index < -0.39 is 4.92 Å². The quantitative estimate of drug-likeness (QED) is 0.550. The van der Waals surface area contributed by atoms with Crippen molar-refractivity contribution in [3.63, 3.8) is 0 Å². The molecule has 0 aliphatic heterocycles. The van der Waals surface area contributed by atoms with Gasteiger partial charge in [-0.3, -0.25) is 10.1 Å². The van der Waals surface area contributed by atoms with Crippen molar-refractivity contribution in [1.82, 2.24) is 14.8 Å². The Hall–Kier alpha value is -2.75. The number of hydrogen-bond donors (Lipinski definition) is 0. The highest BCUT2D eigenvalue weighted by atomic mass is 16.6. The summed E-state index contributed by atoms with van der Waals surface area (Å²) in [6, 6.07) is 6.23. The van der Waals surface area contributed by atoms with Crippen molar-refractivity contribution in [2.24, 2.45) is 0 Å². The highest BCUT2D eigenvalue weighted by Gasteiger charge is 2.20. The Labute approximate surface area is 89.7 Å². The minimum Gasteiger partial charge on any atom is -0.258 e. The molecule has 2 aromatic rings. The molecule has 0 saturated carbocycles. The van der Waals surface area contributed by atoms with Crippen LogP contribution in [0.3, 0.4) is 0 Å². The predicted octanol–water partition coefficient (Wildman–Crippen LogP) is 1.05. The van der Waals surface area contributed by atoms with Crippen molar-refractivity contribution < 1.29 is 4.92 Å². The van der Waals surface area contributed by atoms with Crippen molar-refractivity contribution in [3.8, 4) is 11.8 Å². The maximum absolute atomic E-state index is 10.9. The van der Waals surface area contributed by atoms with Gasteiger partial charge in [-0.05, 0) is 12.1 Å². The smallest absolute Gasteiger partial charge is 0.258 e. The highest BCUT2D eigenvalue weighted by Crippen LogP contribution is 2.25. The van der Waals surface area contributed by atoms with Gasteiger partial charge in [0.15, 0.2) is 0 Å². The van der Waals surface area contributed by atoms with Crippen LogP contribution in [-0.2, 0) is 0 Å². The molecular formula is C9H5N5O2. The molecule has 7 heteroatoms. The van der Waals surface area contributed by atoms with E-state index in [1.807, 2.05) is 0 Å². The lowest BCUT2D eigenvalue weighted by atomic mass is 10.1. The number of nitro benzene ring substituents is 1. The van der Waals surface area contributed by atoms with E-state index in [9.17, 15) is 10.1 Å². The number of nitrogens with zero attached hydrogens (tertiary/aromatic N) is 5. The van der Waals surface area contributed by atoms with E-state index in [0.717, 1.165) is 0 Å². The normalized spacial score (nSPS) is 9.69. The molecule has 7 nitrogen and oxygen atoms in total. The van der Waals surface area contributed by atoms with E-state index in [2.05, 4.69) is 10.1 Å². The molecule has 0 amide bonds. The second-order valence-corrected chi connectivity index (χ2v) is 2.88. The molecule has 0 N–H and O–H groups in total. The average molecular weight is 215 g/mol. The Morgan fingerprint density at radius 3 is 2.88 bits per heavy atom. The molecule has 0 bridgehead atoms. The van der Waals surface area contributed by atoms with Gasteiger partial charge in [0.1, 0.15) is 30.0 Å². The van der Waals surface area contributed by atoms with Gasteiger partial charge >= 0.3 is 5.69 Å². The van der Waals surface area contributed by atoms with Gasteiger partial charge < -0.3 is 0 Å². The van der Waals surface area contributed by atoms with Crippen molar-refractivity contribution in [2.75, 3.05) is 0 Å². The zero-order valence-electron chi connectivity index (χ0n) is 7.94. The molecule has 78 valence electrons. The first-order valence-corrected chi connectivity index (χ1v) is 4.26. The van der Waals surface area contributed by atoms with Crippen molar-refractivity contribution in [3.05, 3.63) is 46.5 Å². The molecule has 0 atom stereocenters. The maximum Gasteiger partial charge on any atom is 0.312 e. The molecule has 1 aromatic carbocycles. The summed E-state index contributed by atoms with van der Waals surface area (Å²) in [6.45, 7) is 0. The van der Waals surface area contributed by atoms with Gasteiger partial charge in [-0.15, -0.1) is 0 Å². The fraction of sp³-hybridized carbons (Fsp3) is 0. The summed E-state index contributed by atoms with van der Waals surface area (Å²) in [5.41, 5.74) is -0.0462. The fourth-order valence-electron chi connectivity index (χ4n) is 1.33. The second kappa shape index (κ2) is 3.78. The average Bonchev–Trinajstić information content (AvgIpc) is 2.81. The lowest BCUT2D eigenvalue weighted by Gasteiger charge is -2.02. The minimum atomic E-state index is -0.602. The monoisotopic (exact) mass is 215 g/mol. The number of nitriles is 1. The number of aromatic nitrogens is 3. The van der Waals surface area contributed by atoms with Gasteiger partial charge in [0.25, 0.3) is 0 Å². The van der Waals surface area contributed by atoms with E-state index in [1.54, 1.807) is 12.1 Å². The topological polar surface area (TPSA) is 97.6 Å². The molecule has 16 heavy (non-hydrogen) atoms. The molecule has 1 aromatic heterocycles. The number of para-hydroxylation sites is 1. The number of nitro groups is 1. The Bertz CT molecular complexity index is 570. The first kappa shape index (κ1) is 9.79. The summed E-state index contributed by atoms with van der Waals surface area (Å²) in [4.78, 5) is 14.0. The molecule has 1 heterocycles. The van der Waals surface area contributed by atoms with Gasteiger partial charge in [0.05, 0.1) is 4.92 Å². The summed E-state index contributed by atoms with van der Waals surface area (Å²) < 4.78 is 1.25. The van der Waals surface area contributed by atoms with E-state index in [-0.39, 0.29) is 16.9 Å². The second-order valence-electron chi connectivity index (χ2n) is 2.88. The first-order chi connectivity index (χ1) is 7.74. The third-order valence-electron chi connectivity index (χ3n) is 1.98. The maximum atomic E-state index is 10.9. The molecule has 0 fully saturated rings. The van der Waals surface area contributed by atoms with Gasteiger partial charge in [0, 0.05) is 0 Å². The van der Waals surface area contributed by atoms with Crippen LogP contribution in [0.4, 0.5) is 5.69 Å². The molecule has 0 radical (unpaired) electrons. The first-order valence-electron chi connectivity index (χ1n) is 4.26. The van der Waals surface area contributed by atoms with E-state index in [4.69, 9.17) is 5.26 Å². The van der Waals surface area contributed by atoms with E-state index in [0.29, 0.717) is 0 Å². The van der Waals surface area contributed by atoms with Crippen LogP contribution < -0.4 is 0 Å². The Morgan fingerprint density at radius 2 is 2.31 bits per heavy atom. The van der Waals surface area contributed by atoms with E-state index in [1.165, 1.54) is 29.5 Å². The summed E-state index contributed by atoms with van der Waals surface area (Å²) in [5.74, 6) is 0. The standard InChI is InChI=1S/C9H5N5O2/c10-4-7-2-1-3-8(9(7)14(15)16)13-6-11-5-12-13/h1-3,5-6H. The Kier molecular flexibility index (Phi) is 2.31. The molecule has 0 aliphatic carbocycles. The number of rotatable bonds is 2. The third kappa shape index (κ3) is 1.48. The molecule has 0 saturated heterocycles. The number of benzene rings is 1. The van der Waals surface area contributed by atoms with Crippen LogP contribution in [0.2, 0.25) is 0 Å². The SMILES string of the molecule is N#Cc1cccc(-n2cncn2)c1[N+](=O)[O-]. The van der Waals surface area contributed by atoms with Crippen LogP contribution in [0.5, 0.6) is 0 Å². The molecule has 2 rings (SSSR count). The summed E-state index contributed by atoms with van der Waals surface area (Å²) >= 11 is 0. The molecule has 0 unspecified atom stereocenters. The lowest BCUT2D eigenvalue weighted by molar-refractivity contribution is -0.384. The Balaban J connectivity index is 2.72. The summed E-state index contributed by atoms with van der Waals surface area (Å²) in [7, 11) is 0. The van der Waals surface area contributed by atoms with Gasteiger partial charge in [-0.25, -0.2) is 9.67 Å². The van der Waals surface area contributed by atoms with Crippen molar-refractivity contribution in [2.45, 2.75) is 0 Å². The van der Waals surface area contributed by atoms with Gasteiger partial charge in [-0.1, -0.05) is 6.07 Å². The largest absolute Gasteiger partial charge is 0.312 e. The zero-order chi connectivity index (χ0) is 11.5. The lowest BCUT2D eigenvalue weighted by Crippen LogP contribution is -2.02. The molecular weight excluding hydrogens is 210 g/mol. The van der Waals surface area contributed by atoms with Crippen LogP contribution in [0, 0.1) is 21.4 Å². The van der Waals surface area contributed by atoms with Crippen molar-refractivity contribution >= 4 is 5.69 Å². The van der Waals surface area contributed by atoms with Crippen LogP contribution in [-0.4, -0.2) is 19.7 Å². The van der Waals surface area contributed by atoms with Crippen LogP contribution in [0.15, 0.2) is 30.9 Å². The fourth-order valence-corrected chi connectivity index (χ4v) is 1.33. The Morgan fingerprint density at radius 1 is 1.50 bits per heavy atom. The zero-order valence-corrected chi connectivity index (χ0v) is 7.94. The summed E-state index contributed by atoms with van der Waals surface area (Å²) in [6.07, 6.45) is 2.60. The minimum absolute atomic E-state index is 0.00185. The van der Waals surface area contributed by atoms with E-state index >= 15 is 0 Å². The van der Waals surface area contributed by atoms with Crippen LogP contribution in [0.1, 0.15) is 5.56 Å². The molecule has 0 spiro atoms. The van der Waals surface area contributed by atoms with Crippen LogP contribution in [0.25, 0.3) is 5.69 Å². The summed E-state index contributed by atoms with van der Waals surface area (Å²) in [5, 5.41) is 23.5. The number of hydrogen-bond acceptors (Lipinski definition) is 5. The van der Waals surface area contributed by atoms with Crippen molar-refractivity contribution in [1.29, 1.82) is 5.26 Å². The highest BCUT2D eigenvalue weighted by molar-refractivity contribution is 5.61. The molecule has 0 aliphatic rings. The van der Waals surface area contributed by atoms with Gasteiger partial charge in [0.2, 0.25) is 0 Å².